The lowest BCUT2D eigenvalue weighted by molar-refractivity contribution is 0.0784. The molecule has 0 aliphatic rings. The van der Waals surface area contributed by atoms with Gasteiger partial charge in [-0.05, 0) is 12.0 Å². The molecule has 4 nitrogen and oxygen atoms in total. The van der Waals surface area contributed by atoms with Crippen LogP contribution in [-0.4, -0.2) is 33.3 Å². The van der Waals surface area contributed by atoms with Crippen molar-refractivity contribution in [1.82, 2.24) is 14.3 Å². The van der Waals surface area contributed by atoms with Crippen LogP contribution in [0.5, 0.6) is 0 Å². The molecule has 0 radical (unpaired) electrons. The molecule has 2 aromatic heterocycles. The van der Waals surface area contributed by atoms with Crippen LogP contribution in [0.15, 0.2) is 61.2 Å². The molecule has 128 valence electrons. The summed E-state index contributed by atoms with van der Waals surface area (Å²) in [5.74, 6) is -0.0451. The summed E-state index contributed by atoms with van der Waals surface area (Å²) in [6, 6.07) is 8.39. The molecular formula is C20H21N3OS. The van der Waals surface area contributed by atoms with Crippen LogP contribution in [-0.2, 0) is 6.42 Å². The lowest BCUT2D eigenvalue weighted by Gasteiger charge is -2.18. The van der Waals surface area contributed by atoms with Gasteiger partial charge in [-0.1, -0.05) is 43.3 Å². The predicted octanol–water partition coefficient (Wildman–Crippen LogP) is 4.44. The van der Waals surface area contributed by atoms with E-state index >= 15 is 0 Å². The van der Waals surface area contributed by atoms with E-state index in [1.54, 1.807) is 17.1 Å². The zero-order chi connectivity index (χ0) is 17.8. The quantitative estimate of drug-likeness (QED) is 0.590. The number of thiazole rings is 1. The molecule has 1 aromatic carbocycles. The Bertz CT molecular complexity index is 895. The second-order valence-electron chi connectivity index (χ2n) is 5.74. The van der Waals surface area contributed by atoms with E-state index < -0.39 is 0 Å². The molecule has 3 aromatic rings. The van der Waals surface area contributed by atoms with Gasteiger partial charge in [0.15, 0.2) is 4.96 Å². The molecule has 0 atom stereocenters. The number of aryl methyl sites for hydroxylation is 1. The van der Waals surface area contributed by atoms with E-state index in [0.717, 1.165) is 22.6 Å². The molecule has 0 aliphatic heterocycles. The standard InChI is InChI=1S/C20H21N3OS/c1-4-11-22(12-5-2)19(24)18-14-25-20-21-17(13-23(18)20)16-9-7-15(6-3)8-10-16/h4-5,7-10,13-14H,1-2,6,11-12H2,3H3. The van der Waals surface area contributed by atoms with Crippen LogP contribution in [0.25, 0.3) is 16.2 Å². The Morgan fingerprint density at radius 2 is 1.92 bits per heavy atom. The number of carbonyl (C=O) groups excluding carboxylic acids is 1. The van der Waals surface area contributed by atoms with Crippen LogP contribution in [0, 0.1) is 0 Å². The Kier molecular flexibility index (Phi) is 5.14. The first-order chi connectivity index (χ1) is 12.2. The van der Waals surface area contributed by atoms with E-state index in [2.05, 4.69) is 49.3 Å². The van der Waals surface area contributed by atoms with Crippen LogP contribution in [0.3, 0.4) is 0 Å². The second kappa shape index (κ2) is 7.49. The Hall–Kier alpha value is -2.66. The molecule has 0 saturated carbocycles. The number of imidazole rings is 1. The van der Waals surface area contributed by atoms with Gasteiger partial charge in [0.05, 0.1) is 5.69 Å². The molecule has 2 heterocycles. The third-order valence-corrected chi connectivity index (χ3v) is 4.91. The Morgan fingerprint density at radius 3 is 2.52 bits per heavy atom. The molecule has 0 spiro atoms. The SMILES string of the molecule is C=CCN(CC=C)C(=O)c1csc2nc(-c3ccc(CC)cc3)cn12. The van der Waals surface area contributed by atoms with Crippen LogP contribution in [0.4, 0.5) is 0 Å². The molecule has 0 aliphatic carbocycles. The van der Waals surface area contributed by atoms with Gasteiger partial charge in [-0.2, -0.15) is 0 Å². The normalized spacial score (nSPS) is 10.8. The summed E-state index contributed by atoms with van der Waals surface area (Å²) < 4.78 is 1.87. The van der Waals surface area contributed by atoms with Gasteiger partial charge in [-0.25, -0.2) is 4.98 Å². The summed E-state index contributed by atoms with van der Waals surface area (Å²) in [7, 11) is 0. The van der Waals surface area contributed by atoms with Crippen molar-refractivity contribution in [3.8, 4) is 11.3 Å². The zero-order valence-corrected chi connectivity index (χ0v) is 15.1. The fourth-order valence-electron chi connectivity index (χ4n) is 2.70. The first kappa shape index (κ1) is 17.2. The largest absolute Gasteiger partial charge is 0.330 e. The maximum absolute atomic E-state index is 12.8. The fraction of sp³-hybridized carbons (Fsp3) is 0.200. The zero-order valence-electron chi connectivity index (χ0n) is 14.3. The number of fused-ring (bicyclic) bond motifs is 1. The first-order valence-corrected chi connectivity index (χ1v) is 9.12. The van der Waals surface area contributed by atoms with Gasteiger partial charge >= 0.3 is 0 Å². The highest BCUT2D eigenvalue weighted by Crippen LogP contribution is 2.25. The fourth-order valence-corrected chi connectivity index (χ4v) is 3.55. The number of benzene rings is 1. The smallest absolute Gasteiger partial charge is 0.272 e. The summed E-state index contributed by atoms with van der Waals surface area (Å²) in [5, 5.41) is 1.85. The number of carbonyl (C=O) groups is 1. The van der Waals surface area contributed by atoms with Crippen molar-refractivity contribution in [3.63, 3.8) is 0 Å². The summed E-state index contributed by atoms with van der Waals surface area (Å²) in [6.07, 6.45) is 6.39. The molecule has 0 fully saturated rings. The highest BCUT2D eigenvalue weighted by molar-refractivity contribution is 7.15. The Balaban J connectivity index is 1.95. The molecule has 0 unspecified atom stereocenters. The number of rotatable bonds is 7. The van der Waals surface area contributed by atoms with Gasteiger partial charge in [0.25, 0.3) is 5.91 Å². The Labute approximate surface area is 151 Å². The van der Waals surface area contributed by atoms with Gasteiger partial charge in [0, 0.05) is 30.2 Å². The third kappa shape index (κ3) is 3.42. The number of amides is 1. The monoisotopic (exact) mass is 351 g/mol. The molecular weight excluding hydrogens is 330 g/mol. The van der Waals surface area contributed by atoms with Crippen LogP contribution in [0.1, 0.15) is 23.0 Å². The lowest BCUT2D eigenvalue weighted by atomic mass is 10.1. The van der Waals surface area contributed by atoms with Crippen LogP contribution >= 0.6 is 11.3 Å². The predicted molar refractivity (Wildman–Crippen MR) is 104 cm³/mol. The number of nitrogens with zero attached hydrogens (tertiary/aromatic N) is 3. The maximum atomic E-state index is 12.8. The van der Waals surface area contributed by atoms with Crippen molar-refractivity contribution in [3.05, 3.63) is 72.4 Å². The average molecular weight is 351 g/mol. The summed E-state index contributed by atoms with van der Waals surface area (Å²) in [6.45, 7) is 10.6. The first-order valence-electron chi connectivity index (χ1n) is 8.25. The summed E-state index contributed by atoms with van der Waals surface area (Å²) in [5.41, 5.74) is 3.85. The van der Waals surface area contributed by atoms with E-state index in [1.807, 2.05) is 16.0 Å². The van der Waals surface area contributed by atoms with Gasteiger partial charge in [0.1, 0.15) is 5.69 Å². The number of hydrogen-bond acceptors (Lipinski definition) is 3. The third-order valence-electron chi connectivity index (χ3n) is 4.07. The van der Waals surface area contributed by atoms with Gasteiger partial charge in [-0.3, -0.25) is 9.20 Å². The van der Waals surface area contributed by atoms with E-state index in [4.69, 9.17) is 0 Å². The van der Waals surface area contributed by atoms with Crippen molar-refractivity contribution in [1.29, 1.82) is 0 Å². The molecule has 5 heteroatoms. The van der Waals surface area contributed by atoms with Crippen LogP contribution in [0.2, 0.25) is 0 Å². The van der Waals surface area contributed by atoms with E-state index in [9.17, 15) is 4.79 Å². The molecule has 1 amide bonds. The minimum absolute atomic E-state index is 0.0451. The van der Waals surface area contributed by atoms with E-state index in [1.165, 1.54) is 16.9 Å². The van der Waals surface area contributed by atoms with Gasteiger partial charge < -0.3 is 4.90 Å². The van der Waals surface area contributed by atoms with E-state index in [0.29, 0.717) is 18.8 Å². The van der Waals surface area contributed by atoms with Crippen molar-refractivity contribution in [2.24, 2.45) is 0 Å². The van der Waals surface area contributed by atoms with Gasteiger partial charge in [-0.15, -0.1) is 24.5 Å². The number of aromatic nitrogens is 2. The molecule has 0 bridgehead atoms. The molecule has 3 rings (SSSR count). The maximum Gasteiger partial charge on any atom is 0.272 e. The highest BCUT2D eigenvalue weighted by Gasteiger charge is 2.19. The van der Waals surface area contributed by atoms with Crippen LogP contribution < -0.4 is 0 Å². The van der Waals surface area contributed by atoms with Crippen molar-refractivity contribution in [2.75, 3.05) is 13.1 Å². The van der Waals surface area contributed by atoms with Gasteiger partial charge in [0.2, 0.25) is 0 Å². The molecule has 0 saturated heterocycles. The summed E-state index contributed by atoms with van der Waals surface area (Å²) in [4.78, 5) is 20.0. The minimum atomic E-state index is -0.0451. The molecule has 0 N–H and O–H groups in total. The summed E-state index contributed by atoms with van der Waals surface area (Å²) >= 11 is 1.47. The highest BCUT2D eigenvalue weighted by atomic mass is 32.1. The topological polar surface area (TPSA) is 37.6 Å². The average Bonchev–Trinajstić information content (AvgIpc) is 3.21. The van der Waals surface area contributed by atoms with Crippen molar-refractivity contribution >= 4 is 22.2 Å². The lowest BCUT2D eigenvalue weighted by Crippen LogP contribution is -2.32. The van der Waals surface area contributed by atoms with Crippen molar-refractivity contribution in [2.45, 2.75) is 13.3 Å². The van der Waals surface area contributed by atoms with E-state index in [-0.39, 0.29) is 5.91 Å². The Morgan fingerprint density at radius 1 is 1.24 bits per heavy atom. The minimum Gasteiger partial charge on any atom is -0.330 e. The molecule has 25 heavy (non-hydrogen) atoms. The second-order valence-corrected chi connectivity index (χ2v) is 6.57. The number of hydrogen-bond donors (Lipinski definition) is 0. The van der Waals surface area contributed by atoms with Crippen molar-refractivity contribution < 1.29 is 4.79 Å².